The second-order valence-electron chi connectivity index (χ2n) is 10.6. The van der Waals surface area contributed by atoms with Crippen LogP contribution in [0.2, 0.25) is 0 Å². The van der Waals surface area contributed by atoms with Gasteiger partial charge in [0, 0.05) is 49.6 Å². The van der Waals surface area contributed by atoms with Crippen molar-refractivity contribution >= 4 is 28.7 Å². The minimum Gasteiger partial charge on any atom is -0.497 e. The van der Waals surface area contributed by atoms with E-state index >= 15 is 0 Å². The maximum atomic E-state index is 13.2. The molecule has 0 aliphatic carbocycles. The van der Waals surface area contributed by atoms with Gasteiger partial charge in [-0.1, -0.05) is 0 Å². The van der Waals surface area contributed by atoms with Gasteiger partial charge in [0.05, 0.1) is 44.5 Å². The van der Waals surface area contributed by atoms with Crippen molar-refractivity contribution in [3.05, 3.63) is 54.2 Å². The number of aliphatic hydroxyl groups excluding tert-OH is 1. The van der Waals surface area contributed by atoms with Crippen LogP contribution in [0.15, 0.2) is 48.7 Å². The predicted molar refractivity (Wildman–Crippen MR) is 148 cm³/mol. The number of rotatable bonds is 7. The van der Waals surface area contributed by atoms with Gasteiger partial charge >= 0.3 is 12.1 Å². The Morgan fingerprint density at radius 1 is 1.15 bits per heavy atom. The standard InChI is InChI=1S/C30H33N3O8/c1-37-21-4-5-24-23(15-21)22(7-9-31-24)25(34)17-32-10-8-30(19(16-32)13-28(35)38-2)18-33(29(36)41-30)20-3-6-26-27(14-20)40-12-11-39-26/h3-7,9,14-15,19,25,34H,8,10-13,16-18H2,1-2H3/t19?,25-,30?/m0/s1. The number of benzene rings is 2. The summed E-state index contributed by atoms with van der Waals surface area (Å²) in [5, 5.41) is 12.1. The van der Waals surface area contributed by atoms with Crippen LogP contribution < -0.4 is 19.1 Å². The second-order valence-corrected chi connectivity index (χ2v) is 10.6. The molecule has 41 heavy (non-hydrogen) atoms. The van der Waals surface area contributed by atoms with E-state index in [0.29, 0.717) is 62.2 Å². The Labute approximate surface area is 237 Å². The molecule has 11 nitrogen and oxygen atoms in total. The number of aromatic nitrogens is 1. The fourth-order valence-corrected chi connectivity index (χ4v) is 6.06. The monoisotopic (exact) mass is 563 g/mol. The summed E-state index contributed by atoms with van der Waals surface area (Å²) in [5.74, 6) is 1.19. The lowest BCUT2D eigenvalue weighted by molar-refractivity contribution is -0.146. The SMILES string of the molecule is COC(=O)CC1CN(C[C@H](O)c2ccnc3ccc(OC)cc23)CCC12CN(c1ccc3c(c1)OCCO3)C(=O)O2. The third-order valence-electron chi connectivity index (χ3n) is 8.26. The summed E-state index contributed by atoms with van der Waals surface area (Å²) in [6.45, 7) is 2.57. The average molecular weight is 564 g/mol. The number of hydrogen-bond acceptors (Lipinski definition) is 10. The summed E-state index contributed by atoms with van der Waals surface area (Å²) in [6.07, 6.45) is 0.992. The maximum absolute atomic E-state index is 13.2. The van der Waals surface area contributed by atoms with E-state index in [1.807, 2.05) is 30.3 Å². The van der Waals surface area contributed by atoms with Gasteiger partial charge in [-0.25, -0.2) is 4.79 Å². The summed E-state index contributed by atoms with van der Waals surface area (Å²) in [5.41, 5.74) is 1.28. The Morgan fingerprint density at radius 2 is 1.98 bits per heavy atom. The van der Waals surface area contributed by atoms with Gasteiger partial charge in [0.1, 0.15) is 24.6 Å². The smallest absolute Gasteiger partial charge is 0.415 e. The number of β-amino-alcohol motifs (C(OH)–C–C–N with tert-alkyl or cyclic N) is 1. The van der Waals surface area contributed by atoms with Crippen LogP contribution in [0.4, 0.5) is 10.5 Å². The molecule has 11 heteroatoms. The van der Waals surface area contributed by atoms with Gasteiger partial charge in [0.2, 0.25) is 0 Å². The number of hydrogen-bond donors (Lipinski definition) is 1. The van der Waals surface area contributed by atoms with E-state index in [1.54, 1.807) is 30.3 Å². The second kappa shape index (κ2) is 11.1. The van der Waals surface area contributed by atoms with Crippen molar-refractivity contribution in [2.45, 2.75) is 24.5 Å². The van der Waals surface area contributed by atoms with Crippen LogP contribution in [-0.4, -0.2) is 86.3 Å². The lowest BCUT2D eigenvalue weighted by Gasteiger charge is -2.44. The van der Waals surface area contributed by atoms with Crippen molar-refractivity contribution < 1.29 is 38.4 Å². The molecule has 3 aromatic rings. The number of carbonyl (C=O) groups excluding carboxylic acids is 2. The highest BCUT2D eigenvalue weighted by Crippen LogP contribution is 2.43. The Balaban J connectivity index is 1.21. The number of methoxy groups -OCH3 is 2. The Morgan fingerprint density at radius 3 is 2.78 bits per heavy atom. The van der Waals surface area contributed by atoms with Crippen molar-refractivity contribution in [1.29, 1.82) is 0 Å². The van der Waals surface area contributed by atoms with Gasteiger partial charge in [-0.2, -0.15) is 0 Å². The molecule has 0 bridgehead atoms. The lowest BCUT2D eigenvalue weighted by Crippen LogP contribution is -2.55. The fourth-order valence-electron chi connectivity index (χ4n) is 6.06. The summed E-state index contributed by atoms with van der Waals surface area (Å²) in [6, 6.07) is 12.8. The molecular weight excluding hydrogens is 530 g/mol. The van der Waals surface area contributed by atoms with Crippen LogP contribution >= 0.6 is 0 Å². The molecule has 3 aliphatic heterocycles. The minimum absolute atomic E-state index is 0.0841. The molecule has 2 saturated heterocycles. The van der Waals surface area contributed by atoms with Crippen molar-refractivity contribution in [2.75, 3.05) is 58.5 Å². The number of nitrogens with zero attached hydrogens (tertiary/aromatic N) is 3. The molecule has 1 amide bonds. The molecule has 0 saturated carbocycles. The van der Waals surface area contributed by atoms with Gasteiger partial charge in [-0.15, -0.1) is 0 Å². The number of aliphatic hydroxyl groups is 1. The van der Waals surface area contributed by atoms with E-state index in [-0.39, 0.29) is 24.9 Å². The first-order valence-corrected chi connectivity index (χ1v) is 13.7. The normalized spacial score (nSPS) is 23.0. The lowest BCUT2D eigenvalue weighted by atomic mass is 9.78. The number of anilines is 1. The van der Waals surface area contributed by atoms with Crippen molar-refractivity contribution in [3.63, 3.8) is 0 Å². The van der Waals surface area contributed by atoms with E-state index in [1.165, 1.54) is 7.11 Å². The van der Waals surface area contributed by atoms with E-state index in [0.717, 1.165) is 16.5 Å². The third-order valence-corrected chi connectivity index (χ3v) is 8.26. The molecule has 1 N–H and O–H groups in total. The van der Waals surface area contributed by atoms with Crippen LogP contribution in [-0.2, 0) is 14.3 Å². The fraction of sp³-hybridized carbons (Fsp3) is 0.433. The van der Waals surface area contributed by atoms with Crippen molar-refractivity contribution in [1.82, 2.24) is 9.88 Å². The van der Waals surface area contributed by atoms with Crippen molar-refractivity contribution in [3.8, 4) is 17.2 Å². The molecule has 1 aromatic heterocycles. The van der Waals surface area contributed by atoms with E-state index in [2.05, 4.69) is 9.88 Å². The van der Waals surface area contributed by atoms with Crippen LogP contribution in [0.1, 0.15) is 24.5 Å². The number of esters is 1. The summed E-state index contributed by atoms with van der Waals surface area (Å²) in [4.78, 5) is 33.8. The summed E-state index contributed by atoms with van der Waals surface area (Å²) >= 11 is 0. The summed E-state index contributed by atoms with van der Waals surface area (Å²) in [7, 11) is 2.95. The Hall–Kier alpha value is -4.09. The average Bonchev–Trinajstić information content (AvgIpc) is 3.34. The number of piperidine rings is 1. The predicted octanol–water partition coefficient (Wildman–Crippen LogP) is 3.33. The van der Waals surface area contributed by atoms with Crippen molar-refractivity contribution in [2.24, 2.45) is 5.92 Å². The Bertz CT molecular complexity index is 1460. The summed E-state index contributed by atoms with van der Waals surface area (Å²) < 4.78 is 27.8. The largest absolute Gasteiger partial charge is 0.497 e. The minimum atomic E-state index is -0.878. The quantitative estimate of drug-likeness (QED) is 0.429. The van der Waals surface area contributed by atoms with E-state index in [9.17, 15) is 14.7 Å². The van der Waals surface area contributed by atoms with Crippen LogP contribution in [0.3, 0.4) is 0 Å². The first-order chi connectivity index (χ1) is 19.9. The maximum Gasteiger partial charge on any atom is 0.415 e. The molecule has 2 unspecified atom stereocenters. The molecule has 216 valence electrons. The van der Waals surface area contributed by atoms with Gasteiger partial charge in [-0.3, -0.25) is 19.6 Å². The van der Waals surface area contributed by atoms with Crippen LogP contribution in [0.5, 0.6) is 17.2 Å². The Kier molecular flexibility index (Phi) is 7.31. The number of likely N-dealkylation sites (tertiary alicyclic amines) is 1. The zero-order chi connectivity index (χ0) is 28.6. The first-order valence-electron chi connectivity index (χ1n) is 13.7. The van der Waals surface area contributed by atoms with Crippen LogP contribution in [0.25, 0.3) is 10.9 Å². The third kappa shape index (κ3) is 5.22. The zero-order valence-corrected chi connectivity index (χ0v) is 23.1. The molecular formula is C30H33N3O8. The van der Waals surface area contributed by atoms with E-state index in [4.69, 9.17) is 23.7 Å². The molecule has 2 fully saturated rings. The number of ether oxygens (including phenoxy) is 5. The van der Waals surface area contributed by atoms with Gasteiger partial charge < -0.3 is 28.8 Å². The molecule has 1 spiro atoms. The first kappa shape index (κ1) is 27.1. The van der Waals surface area contributed by atoms with Crippen LogP contribution in [0, 0.1) is 5.92 Å². The highest BCUT2D eigenvalue weighted by Gasteiger charge is 2.54. The van der Waals surface area contributed by atoms with Gasteiger partial charge in [-0.05, 0) is 42.0 Å². The van der Waals surface area contributed by atoms with Gasteiger partial charge in [0.25, 0.3) is 0 Å². The number of fused-ring (bicyclic) bond motifs is 2. The molecule has 6 rings (SSSR count). The molecule has 2 aromatic carbocycles. The van der Waals surface area contributed by atoms with E-state index < -0.39 is 17.8 Å². The molecule has 4 heterocycles. The highest BCUT2D eigenvalue weighted by molar-refractivity contribution is 5.91. The molecule has 3 atom stereocenters. The number of carbonyl (C=O) groups is 2. The van der Waals surface area contributed by atoms with Gasteiger partial charge in [0.15, 0.2) is 11.5 Å². The molecule has 3 aliphatic rings. The topological polar surface area (TPSA) is 120 Å². The zero-order valence-electron chi connectivity index (χ0n) is 23.1. The number of pyridine rings is 1. The molecule has 0 radical (unpaired) electrons. The number of amides is 1. The highest BCUT2D eigenvalue weighted by atomic mass is 16.6.